The Balaban J connectivity index is 1.57. The Bertz CT molecular complexity index is 1150. The molecule has 0 radical (unpaired) electrons. The summed E-state index contributed by atoms with van der Waals surface area (Å²) < 4.78 is 17.3. The number of benzene rings is 2. The lowest BCUT2D eigenvalue weighted by atomic mass is 10.2. The number of hydrogen-bond acceptors (Lipinski definition) is 7. The second-order valence-corrected chi connectivity index (χ2v) is 8.04. The summed E-state index contributed by atoms with van der Waals surface area (Å²) in [4.78, 5) is 19.7. The zero-order chi connectivity index (χ0) is 21.8. The second kappa shape index (κ2) is 9.28. The first-order valence-corrected chi connectivity index (χ1v) is 10.7. The van der Waals surface area contributed by atoms with E-state index in [9.17, 15) is 4.79 Å². The van der Waals surface area contributed by atoms with Crippen molar-refractivity contribution in [1.82, 2.24) is 10.1 Å². The molecule has 0 atom stereocenters. The standard InChI is InChI=1S/C23H23N3O4S/c1-15-19(16(2)30-25-15)14-29-18-8-6-7-17(13-18)22(27)26(11-12-28-3)23-24-20-9-4-5-10-21(20)31-23/h4-10,13H,11-12,14H2,1-3H3. The van der Waals surface area contributed by atoms with E-state index in [1.807, 2.05) is 50.2 Å². The van der Waals surface area contributed by atoms with Gasteiger partial charge in [0.25, 0.3) is 5.91 Å². The van der Waals surface area contributed by atoms with E-state index >= 15 is 0 Å². The van der Waals surface area contributed by atoms with Gasteiger partial charge < -0.3 is 14.0 Å². The summed E-state index contributed by atoms with van der Waals surface area (Å²) in [6.45, 7) is 4.86. The number of thiazole rings is 1. The summed E-state index contributed by atoms with van der Waals surface area (Å²) >= 11 is 1.48. The van der Waals surface area contributed by atoms with E-state index in [0.29, 0.717) is 36.2 Å². The molecule has 0 bridgehead atoms. The summed E-state index contributed by atoms with van der Waals surface area (Å²) in [6.07, 6.45) is 0. The van der Waals surface area contributed by atoms with E-state index in [-0.39, 0.29) is 5.91 Å². The van der Waals surface area contributed by atoms with Crippen molar-refractivity contribution in [2.45, 2.75) is 20.5 Å². The number of anilines is 1. The molecule has 7 nitrogen and oxygen atoms in total. The van der Waals surface area contributed by atoms with Crippen LogP contribution in [0.25, 0.3) is 10.2 Å². The Morgan fingerprint density at radius 1 is 1.16 bits per heavy atom. The zero-order valence-electron chi connectivity index (χ0n) is 17.6. The normalized spacial score (nSPS) is 11.1. The minimum atomic E-state index is -0.154. The van der Waals surface area contributed by atoms with Crippen molar-refractivity contribution < 1.29 is 18.8 Å². The molecule has 0 aliphatic heterocycles. The first-order chi connectivity index (χ1) is 15.1. The van der Waals surface area contributed by atoms with Crippen molar-refractivity contribution in [1.29, 1.82) is 0 Å². The summed E-state index contributed by atoms with van der Waals surface area (Å²) in [5.74, 6) is 1.17. The number of carbonyl (C=O) groups excluding carboxylic acids is 1. The van der Waals surface area contributed by atoms with Gasteiger partial charge in [0.15, 0.2) is 5.13 Å². The van der Waals surface area contributed by atoms with Crippen LogP contribution < -0.4 is 9.64 Å². The fourth-order valence-electron chi connectivity index (χ4n) is 3.18. The predicted molar refractivity (Wildman–Crippen MR) is 120 cm³/mol. The lowest BCUT2D eigenvalue weighted by molar-refractivity contribution is 0.0975. The highest BCUT2D eigenvalue weighted by atomic mass is 32.1. The largest absolute Gasteiger partial charge is 0.489 e. The average Bonchev–Trinajstić information content (AvgIpc) is 3.35. The third kappa shape index (κ3) is 4.60. The fourth-order valence-corrected chi connectivity index (χ4v) is 4.17. The van der Waals surface area contributed by atoms with Gasteiger partial charge >= 0.3 is 0 Å². The number of aromatic nitrogens is 2. The Morgan fingerprint density at radius 3 is 2.74 bits per heavy atom. The van der Waals surface area contributed by atoms with Gasteiger partial charge in [-0.05, 0) is 44.2 Å². The van der Waals surface area contributed by atoms with Gasteiger partial charge in [0.05, 0.1) is 34.6 Å². The summed E-state index contributed by atoms with van der Waals surface area (Å²) in [6, 6.07) is 15.0. The van der Waals surface area contributed by atoms with Crippen molar-refractivity contribution in [3.8, 4) is 5.75 Å². The molecule has 0 aliphatic carbocycles. The maximum Gasteiger partial charge on any atom is 0.260 e. The number of amides is 1. The van der Waals surface area contributed by atoms with Crippen LogP contribution in [0, 0.1) is 13.8 Å². The molecule has 0 saturated carbocycles. The Morgan fingerprint density at radius 2 is 2.00 bits per heavy atom. The van der Waals surface area contributed by atoms with Crippen molar-refractivity contribution in [2.24, 2.45) is 0 Å². The van der Waals surface area contributed by atoms with E-state index in [0.717, 1.165) is 27.2 Å². The highest BCUT2D eigenvalue weighted by Crippen LogP contribution is 2.30. The zero-order valence-corrected chi connectivity index (χ0v) is 18.4. The maximum absolute atomic E-state index is 13.4. The molecule has 0 fully saturated rings. The van der Waals surface area contributed by atoms with Gasteiger partial charge in [-0.1, -0.05) is 34.7 Å². The van der Waals surface area contributed by atoms with Gasteiger partial charge in [0.2, 0.25) is 0 Å². The van der Waals surface area contributed by atoms with Gasteiger partial charge in [-0.15, -0.1) is 0 Å². The molecule has 31 heavy (non-hydrogen) atoms. The molecule has 0 spiro atoms. The SMILES string of the molecule is COCCN(C(=O)c1cccc(OCc2c(C)noc2C)c1)c1nc2ccccc2s1. The highest BCUT2D eigenvalue weighted by Gasteiger charge is 2.21. The third-order valence-corrected chi connectivity index (χ3v) is 5.98. The van der Waals surface area contributed by atoms with E-state index in [1.165, 1.54) is 11.3 Å². The van der Waals surface area contributed by atoms with E-state index in [2.05, 4.69) is 10.1 Å². The quantitative estimate of drug-likeness (QED) is 0.395. The van der Waals surface area contributed by atoms with Crippen LogP contribution in [0.2, 0.25) is 0 Å². The molecule has 2 heterocycles. The molecule has 0 saturated heterocycles. The van der Waals surface area contributed by atoms with Crippen LogP contribution in [-0.4, -0.2) is 36.3 Å². The number of rotatable bonds is 8. The minimum Gasteiger partial charge on any atom is -0.489 e. The van der Waals surface area contributed by atoms with Crippen molar-refractivity contribution in [3.63, 3.8) is 0 Å². The van der Waals surface area contributed by atoms with Crippen molar-refractivity contribution in [2.75, 3.05) is 25.2 Å². The second-order valence-electron chi connectivity index (χ2n) is 7.03. The first-order valence-electron chi connectivity index (χ1n) is 9.88. The molecule has 0 aliphatic rings. The molecule has 2 aromatic heterocycles. The number of aryl methyl sites for hydroxylation is 2. The average molecular weight is 438 g/mol. The van der Waals surface area contributed by atoms with Crippen molar-refractivity contribution in [3.05, 3.63) is 71.1 Å². The van der Waals surface area contributed by atoms with Crippen molar-refractivity contribution >= 4 is 32.6 Å². The number of hydrogen-bond donors (Lipinski definition) is 0. The number of nitrogens with zero attached hydrogens (tertiary/aromatic N) is 3. The molecular weight excluding hydrogens is 414 g/mol. The first kappa shape index (κ1) is 21.0. The topological polar surface area (TPSA) is 77.7 Å². The number of methoxy groups -OCH3 is 1. The minimum absolute atomic E-state index is 0.154. The predicted octanol–water partition coefficient (Wildman–Crippen LogP) is 4.77. The molecule has 4 aromatic rings. The number of carbonyl (C=O) groups is 1. The van der Waals surface area contributed by atoms with Crippen LogP contribution in [0.5, 0.6) is 5.75 Å². The molecule has 0 unspecified atom stereocenters. The lowest BCUT2D eigenvalue weighted by Gasteiger charge is -2.20. The molecule has 8 heteroatoms. The number of ether oxygens (including phenoxy) is 2. The molecule has 0 N–H and O–H groups in total. The lowest BCUT2D eigenvalue weighted by Crippen LogP contribution is -2.33. The van der Waals surface area contributed by atoms with Crippen LogP contribution in [-0.2, 0) is 11.3 Å². The van der Waals surface area contributed by atoms with Crippen LogP contribution in [0.15, 0.2) is 53.1 Å². The monoisotopic (exact) mass is 437 g/mol. The number of para-hydroxylation sites is 1. The molecule has 4 rings (SSSR count). The van der Waals surface area contributed by atoms with Gasteiger partial charge in [0.1, 0.15) is 18.1 Å². The van der Waals surface area contributed by atoms with Gasteiger partial charge in [-0.3, -0.25) is 9.69 Å². The van der Waals surface area contributed by atoms with E-state index in [4.69, 9.17) is 14.0 Å². The van der Waals surface area contributed by atoms with E-state index in [1.54, 1.807) is 24.1 Å². The summed E-state index contributed by atoms with van der Waals surface area (Å²) in [5.41, 5.74) is 3.10. The maximum atomic E-state index is 13.4. The Hall–Kier alpha value is -3.23. The Kier molecular flexibility index (Phi) is 6.29. The molecule has 1 amide bonds. The van der Waals surface area contributed by atoms with Gasteiger partial charge in [-0.25, -0.2) is 4.98 Å². The highest BCUT2D eigenvalue weighted by molar-refractivity contribution is 7.22. The third-order valence-electron chi connectivity index (χ3n) is 4.92. The van der Waals surface area contributed by atoms with Gasteiger partial charge in [-0.2, -0.15) is 0 Å². The van der Waals surface area contributed by atoms with Crippen LogP contribution in [0.1, 0.15) is 27.4 Å². The summed E-state index contributed by atoms with van der Waals surface area (Å²) in [5, 5.41) is 4.59. The Labute approximate surface area is 184 Å². The smallest absolute Gasteiger partial charge is 0.260 e. The molecule has 160 valence electrons. The molecular formula is C23H23N3O4S. The summed E-state index contributed by atoms with van der Waals surface area (Å²) in [7, 11) is 1.62. The van der Waals surface area contributed by atoms with Crippen LogP contribution in [0.3, 0.4) is 0 Å². The van der Waals surface area contributed by atoms with Crippen LogP contribution in [0.4, 0.5) is 5.13 Å². The number of fused-ring (bicyclic) bond motifs is 1. The fraction of sp³-hybridized carbons (Fsp3) is 0.261. The van der Waals surface area contributed by atoms with Crippen LogP contribution >= 0.6 is 11.3 Å². The molecule has 2 aromatic carbocycles. The van der Waals surface area contributed by atoms with E-state index < -0.39 is 0 Å². The van der Waals surface area contributed by atoms with Gasteiger partial charge in [0, 0.05) is 12.7 Å².